The van der Waals surface area contributed by atoms with Crippen molar-refractivity contribution in [2.45, 2.75) is 32.2 Å². The van der Waals surface area contributed by atoms with Crippen LogP contribution in [0.5, 0.6) is 11.5 Å². The second-order valence-electron chi connectivity index (χ2n) is 4.41. The highest BCUT2D eigenvalue weighted by molar-refractivity contribution is 5.52. The largest absolute Gasteiger partial charge is 0.493 e. The first-order valence-electron chi connectivity index (χ1n) is 6.29. The molecule has 1 atom stereocenters. The molecule has 0 fully saturated rings. The van der Waals surface area contributed by atoms with E-state index in [1.165, 1.54) is 24.0 Å². The molecule has 0 aliphatic carbocycles. The number of methoxy groups -OCH3 is 2. The van der Waals surface area contributed by atoms with Gasteiger partial charge in [-0.2, -0.15) is 0 Å². The zero-order chi connectivity index (χ0) is 12.3. The molecule has 17 heavy (non-hydrogen) atoms. The van der Waals surface area contributed by atoms with E-state index in [-0.39, 0.29) is 0 Å². The Bertz CT molecular complexity index is 390. The van der Waals surface area contributed by atoms with Crippen molar-refractivity contribution in [2.75, 3.05) is 20.8 Å². The van der Waals surface area contributed by atoms with E-state index in [9.17, 15) is 0 Å². The van der Waals surface area contributed by atoms with Gasteiger partial charge in [-0.15, -0.1) is 0 Å². The van der Waals surface area contributed by atoms with E-state index in [4.69, 9.17) is 9.47 Å². The first kappa shape index (κ1) is 12.2. The molecular formula is C14H21NO2. The Balaban J connectivity index is 2.43. The molecule has 1 unspecified atom stereocenters. The minimum Gasteiger partial charge on any atom is -0.493 e. The lowest BCUT2D eigenvalue weighted by atomic mass is 9.91. The Hall–Kier alpha value is -1.22. The van der Waals surface area contributed by atoms with Gasteiger partial charge in [0.2, 0.25) is 0 Å². The van der Waals surface area contributed by atoms with Gasteiger partial charge in [0.25, 0.3) is 0 Å². The molecule has 1 heterocycles. The molecular weight excluding hydrogens is 214 g/mol. The molecule has 1 aliphatic heterocycles. The van der Waals surface area contributed by atoms with Gasteiger partial charge in [-0.05, 0) is 31.0 Å². The van der Waals surface area contributed by atoms with Crippen LogP contribution in [0, 0.1) is 0 Å². The molecule has 1 N–H and O–H groups in total. The van der Waals surface area contributed by atoms with Gasteiger partial charge in [-0.3, -0.25) is 0 Å². The Morgan fingerprint density at radius 3 is 2.76 bits per heavy atom. The third-order valence-corrected chi connectivity index (χ3v) is 3.40. The van der Waals surface area contributed by atoms with E-state index in [0.29, 0.717) is 6.04 Å². The highest BCUT2D eigenvalue weighted by Crippen LogP contribution is 2.38. The fourth-order valence-corrected chi connectivity index (χ4v) is 2.62. The first-order valence-corrected chi connectivity index (χ1v) is 6.29. The first-order chi connectivity index (χ1) is 8.31. The quantitative estimate of drug-likeness (QED) is 0.870. The van der Waals surface area contributed by atoms with E-state index >= 15 is 0 Å². The number of nitrogens with one attached hydrogen (secondary N) is 1. The van der Waals surface area contributed by atoms with Crippen LogP contribution in [0.15, 0.2) is 12.1 Å². The highest BCUT2D eigenvalue weighted by Gasteiger charge is 2.23. The second kappa shape index (κ2) is 5.41. The summed E-state index contributed by atoms with van der Waals surface area (Å²) in [5.41, 5.74) is 2.68. The van der Waals surface area contributed by atoms with Gasteiger partial charge in [0.05, 0.1) is 14.2 Å². The molecule has 0 saturated heterocycles. The van der Waals surface area contributed by atoms with Crippen LogP contribution in [-0.4, -0.2) is 20.8 Å². The summed E-state index contributed by atoms with van der Waals surface area (Å²) in [4.78, 5) is 0. The smallest absolute Gasteiger partial charge is 0.164 e. The minimum absolute atomic E-state index is 0.462. The standard InChI is InChI=1S/C14H21NO2/c1-4-5-12-10-6-7-13(16-2)14(17-3)11(10)8-9-15-12/h6-7,12,15H,4-5,8-9H2,1-3H3. The zero-order valence-electron chi connectivity index (χ0n) is 10.9. The van der Waals surface area contributed by atoms with Crippen molar-refractivity contribution in [2.24, 2.45) is 0 Å². The maximum absolute atomic E-state index is 5.51. The van der Waals surface area contributed by atoms with E-state index in [1.54, 1.807) is 14.2 Å². The molecule has 0 spiro atoms. The summed E-state index contributed by atoms with van der Waals surface area (Å²) < 4.78 is 10.9. The van der Waals surface area contributed by atoms with Crippen molar-refractivity contribution < 1.29 is 9.47 Å². The predicted molar refractivity (Wildman–Crippen MR) is 68.9 cm³/mol. The fraction of sp³-hybridized carbons (Fsp3) is 0.571. The Morgan fingerprint density at radius 2 is 2.12 bits per heavy atom. The van der Waals surface area contributed by atoms with Crippen LogP contribution in [0.25, 0.3) is 0 Å². The van der Waals surface area contributed by atoms with Crippen molar-refractivity contribution in [1.82, 2.24) is 5.32 Å². The molecule has 3 heteroatoms. The number of fused-ring (bicyclic) bond motifs is 1. The maximum atomic E-state index is 5.51. The summed E-state index contributed by atoms with van der Waals surface area (Å²) in [6.45, 7) is 3.23. The topological polar surface area (TPSA) is 30.5 Å². The summed E-state index contributed by atoms with van der Waals surface area (Å²) in [7, 11) is 3.41. The average Bonchev–Trinajstić information content (AvgIpc) is 2.38. The van der Waals surface area contributed by atoms with E-state index in [0.717, 1.165) is 24.5 Å². The summed E-state index contributed by atoms with van der Waals surface area (Å²) in [6, 6.07) is 4.64. The normalized spacial score (nSPS) is 18.6. The monoisotopic (exact) mass is 235 g/mol. The van der Waals surface area contributed by atoms with Crippen LogP contribution in [0.2, 0.25) is 0 Å². The molecule has 0 amide bonds. The molecule has 0 radical (unpaired) electrons. The van der Waals surface area contributed by atoms with Crippen LogP contribution in [0.3, 0.4) is 0 Å². The van der Waals surface area contributed by atoms with E-state index in [1.807, 2.05) is 6.07 Å². The van der Waals surface area contributed by atoms with Crippen LogP contribution in [0.4, 0.5) is 0 Å². The number of hydrogen-bond donors (Lipinski definition) is 1. The predicted octanol–water partition coefficient (Wildman–Crippen LogP) is 2.69. The average molecular weight is 235 g/mol. The molecule has 0 bridgehead atoms. The molecule has 1 aromatic carbocycles. The van der Waals surface area contributed by atoms with Crippen molar-refractivity contribution in [3.05, 3.63) is 23.3 Å². The molecule has 3 nitrogen and oxygen atoms in total. The molecule has 1 aromatic rings. The van der Waals surface area contributed by atoms with Crippen molar-refractivity contribution in [1.29, 1.82) is 0 Å². The van der Waals surface area contributed by atoms with Crippen molar-refractivity contribution >= 4 is 0 Å². The SMILES string of the molecule is CCCC1NCCc2c1ccc(OC)c2OC. The lowest BCUT2D eigenvalue weighted by Crippen LogP contribution is -2.30. The summed E-state index contributed by atoms with van der Waals surface area (Å²) in [6.07, 6.45) is 3.36. The molecule has 0 aromatic heterocycles. The van der Waals surface area contributed by atoms with Gasteiger partial charge < -0.3 is 14.8 Å². The van der Waals surface area contributed by atoms with Gasteiger partial charge in [0.1, 0.15) is 0 Å². The lowest BCUT2D eigenvalue weighted by molar-refractivity contribution is 0.346. The lowest BCUT2D eigenvalue weighted by Gasteiger charge is -2.28. The number of hydrogen-bond acceptors (Lipinski definition) is 3. The van der Waals surface area contributed by atoms with Crippen LogP contribution in [-0.2, 0) is 6.42 Å². The fourth-order valence-electron chi connectivity index (χ4n) is 2.62. The van der Waals surface area contributed by atoms with E-state index < -0.39 is 0 Å². The third-order valence-electron chi connectivity index (χ3n) is 3.40. The van der Waals surface area contributed by atoms with Gasteiger partial charge in [0, 0.05) is 11.6 Å². The van der Waals surface area contributed by atoms with E-state index in [2.05, 4.69) is 18.3 Å². The summed E-state index contributed by atoms with van der Waals surface area (Å²) in [5, 5.41) is 3.57. The van der Waals surface area contributed by atoms with Crippen molar-refractivity contribution in [3.8, 4) is 11.5 Å². The second-order valence-corrected chi connectivity index (χ2v) is 4.41. The third kappa shape index (κ3) is 2.25. The van der Waals surface area contributed by atoms with Crippen LogP contribution < -0.4 is 14.8 Å². The summed E-state index contributed by atoms with van der Waals surface area (Å²) in [5.74, 6) is 1.75. The van der Waals surface area contributed by atoms with Gasteiger partial charge in [-0.1, -0.05) is 19.4 Å². The molecule has 0 saturated carbocycles. The number of ether oxygens (including phenoxy) is 2. The van der Waals surface area contributed by atoms with Crippen molar-refractivity contribution in [3.63, 3.8) is 0 Å². The number of rotatable bonds is 4. The van der Waals surface area contributed by atoms with Crippen LogP contribution >= 0.6 is 0 Å². The zero-order valence-corrected chi connectivity index (χ0v) is 10.9. The minimum atomic E-state index is 0.462. The molecule has 2 rings (SSSR count). The highest BCUT2D eigenvalue weighted by atomic mass is 16.5. The Kier molecular flexibility index (Phi) is 3.89. The summed E-state index contributed by atoms with van der Waals surface area (Å²) >= 11 is 0. The molecule has 94 valence electrons. The maximum Gasteiger partial charge on any atom is 0.164 e. The molecule has 1 aliphatic rings. The Labute approximate surface area is 103 Å². The number of benzene rings is 1. The van der Waals surface area contributed by atoms with Crippen LogP contribution in [0.1, 0.15) is 36.9 Å². The Morgan fingerprint density at radius 1 is 1.29 bits per heavy atom. The van der Waals surface area contributed by atoms with Gasteiger partial charge in [0.15, 0.2) is 11.5 Å². The van der Waals surface area contributed by atoms with Gasteiger partial charge in [-0.25, -0.2) is 0 Å². The van der Waals surface area contributed by atoms with Gasteiger partial charge >= 0.3 is 0 Å².